The largest absolute Gasteiger partial charge is 0.495 e. The van der Waals surface area contributed by atoms with E-state index in [1.54, 1.807) is 31.7 Å². The van der Waals surface area contributed by atoms with Gasteiger partial charge in [0.25, 0.3) is 5.91 Å². The minimum absolute atomic E-state index is 0.175. The molecule has 0 radical (unpaired) electrons. The molecule has 1 amide bonds. The van der Waals surface area contributed by atoms with Crippen molar-refractivity contribution in [3.05, 3.63) is 82.8 Å². The summed E-state index contributed by atoms with van der Waals surface area (Å²) in [5, 5.41) is 5.65. The van der Waals surface area contributed by atoms with Gasteiger partial charge in [0.1, 0.15) is 17.0 Å². The summed E-state index contributed by atoms with van der Waals surface area (Å²) in [5.41, 5.74) is 6.82. The zero-order chi connectivity index (χ0) is 23.4. The molecule has 0 spiro atoms. The van der Waals surface area contributed by atoms with Crippen LogP contribution in [0.4, 0.5) is 0 Å². The maximum Gasteiger partial charge on any atom is 0.277 e. The Morgan fingerprint density at radius 1 is 1.15 bits per heavy atom. The van der Waals surface area contributed by atoms with Crippen LogP contribution >= 0.6 is 11.6 Å². The van der Waals surface area contributed by atoms with Gasteiger partial charge in [0.2, 0.25) is 0 Å². The molecule has 2 aromatic heterocycles. The number of amides is 1. The molecule has 0 aliphatic carbocycles. The zero-order valence-corrected chi connectivity index (χ0v) is 19.3. The second kappa shape index (κ2) is 9.75. The van der Waals surface area contributed by atoms with Crippen LogP contribution < -0.4 is 14.9 Å². The van der Waals surface area contributed by atoms with Gasteiger partial charge in [-0.3, -0.25) is 9.78 Å². The maximum absolute atomic E-state index is 12.2. The first-order valence-electron chi connectivity index (χ1n) is 10.3. The third-order valence-electron chi connectivity index (χ3n) is 5.20. The molecule has 4 rings (SSSR count). The van der Waals surface area contributed by atoms with Gasteiger partial charge in [-0.1, -0.05) is 29.8 Å². The van der Waals surface area contributed by atoms with Crippen LogP contribution in [0, 0.1) is 13.8 Å². The van der Waals surface area contributed by atoms with Crippen molar-refractivity contribution in [1.82, 2.24) is 15.0 Å². The van der Waals surface area contributed by atoms with E-state index in [0.29, 0.717) is 22.0 Å². The van der Waals surface area contributed by atoms with E-state index in [-0.39, 0.29) is 12.5 Å². The molecule has 8 heteroatoms. The monoisotopic (exact) mass is 462 g/mol. The van der Waals surface area contributed by atoms with Crippen molar-refractivity contribution in [2.75, 3.05) is 13.7 Å². The zero-order valence-electron chi connectivity index (χ0n) is 18.5. The standard InChI is InChI=1S/C25H23ClN4O3/c1-16-12-19(17(2)30(16)21-13-20(26)9-10-22(21)32-3)14-28-29-24(31)15-33-23-8-4-6-18-7-5-11-27-25(18)23/h4-14H,15H2,1-3H3,(H,29,31)/b28-14-. The number of pyridine rings is 1. The van der Waals surface area contributed by atoms with E-state index >= 15 is 0 Å². The second-order valence-electron chi connectivity index (χ2n) is 7.39. The molecule has 0 unspecified atom stereocenters. The molecule has 0 aliphatic rings. The Morgan fingerprint density at radius 3 is 2.79 bits per heavy atom. The number of carbonyl (C=O) groups excluding carboxylic acids is 1. The van der Waals surface area contributed by atoms with E-state index in [1.807, 2.05) is 60.9 Å². The van der Waals surface area contributed by atoms with Crippen LogP contribution in [0.15, 0.2) is 65.9 Å². The number of aromatic nitrogens is 2. The highest BCUT2D eigenvalue weighted by Gasteiger charge is 2.14. The summed E-state index contributed by atoms with van der Waals surface area (Å²) in [6.45, 7) is 3.77. The molecule has 0 atom stereocenters. The quantitative estimate of drug-likeness (QED) is 0.315. The molecule has 0 fully saturated rings. The number of para-hydroxylation sites is 1. The van der Waals surface area contributed by atoms with Crippen molar-refractivity contribution in [2.24, 2.45) is 5.10 Å². The summed E-state index contributed by atoms with van der Waals surface area (Å²) in [4.78, 5) is 16.6. The lowest BCUT2D eigenvalue weighted by Gasteiger charge is -2.14. The summed E-state index contributed by atoms with van der Waals surface area (Å²) in [6, 6.07) is 16.8. The van der Waals surface area contributed by atoms with Crippen molar-refractivity contribution >= 4 is 34.6 Å². The number of methoxy groups -OCH3 is 1. The number of hydrazone groups is 1. The third-order valence-corrected chi connectivity index (χ3v) is 5.43. The average molecular weight is 463 g/mol. The summed E-state index contributed by atoms with van der Waals surface area (Å²) in [5.74, 6) is 0.883. The van der Waals surface area contributed by atoms with Crippen molar-refractivity contribution in [2.45, 2.75) is 13.8 Å². The molecule has 0 saturated carbocycles. The number of nitrogens with one attached hydrogen (secondary N) is 1. The predicted molar refractivity (Wildman–Crippen MR) is 130 cm³/mol. The van der Waals surface area contributed by atoms with Gasteiger partial charge in [0, 0.05) is 33.6 Å². The van der Waals surface area contributed by atoms with E-state index in [4.69, 9.17) is 21.1 Å². The molecule has 2 heterocycles. The molecule has 2 aromatic carbocycles. The Labute approximate surface area is 196 Å². The Morgan fingerprint density at radius 2 is 1.97 bits per heavy atom. The van der Waals surface area contributed by atoms with Crippen LogP contribution in [0.2, 0.25) is 5.02 Å². The smallest absolute Gasteiger partial charge is 0.277 e. The van der Waals surface area contributed by atoms with Gasteiger partial charge in [-0.2, -0.15) is 5.10 Å². The topological polar surface area (TPSA) is 77.7 Å². The number of carbonyl (C=O) groups is 1. The Hall–Kier alpha value is -3.84. The number of nitrogens with zero attached hydrogens (tertiary/aromatic N) is 3. The molecular formula is C25H23ClN4O3. The molecule has 168 valence electrons. The van der Waals surface area contributed by atoms with Crippen LogP contribution in [0.5, 0.6) is 11.5 Å². The molecule has 7 nitrogen and oxygen atoms in total. The third kappa shape index (κ3) is 4.83. The molecule has 0 aliphatic heterocycles. The van der Waals surface area contributed by atoms with Gasteiger partial charge in [-0.25, -0.2) is 5.43 Å². The first kappa shape index (κ1) is 22.4. The number of halogens is 1. The molecular weight excluding hydrogens is 440 g/mol. The lowest BCUT2D eigenvalue weighted by Crippen LogP contribution is -2.24. The lowest BCUT2D eigenvalue weighted by molar-refractivity contribution is -0.123. The molecule has 0 bridgehead atoms. The second-order valence-corrected chi connectivity index (χ2v) is 7.83. The van der Waals surface area contributed by atoms with Gasteiger partial charge in [-0.15, -0.1) is 0 Å². The highest BCUT2D eigenvalue weighted by molar-refractivity contribution is 6.30. The number of benzene rings is 2. The highest BCUT2D eigenvalue weighted by atomic mass is 35.5. The van der Waals surface area contributed by atoms with Crippen LogP contribution in [-0.4, -0.2) is 35.4 Å². The van der Waals surface area contributed by atoms with Crippen molar-refractivity contribution < 1.29 is 14.3 Å². The fourth-order valence-electron chi connectivity index (χ4n) is 3.67. The molecule has 1 N–H and O–H groups in total. The van der Waals surface area contributed by atoms with E-state index in [0.717, 1.165) is 28.0 Å². The first-order chi connectivity index (χ1) is 16.0. The normalized spacial score (nSPS) is 11.2. The van der Waals surface area contributed by atoms with Gasteiger partial charge >= 0.3 is 0 Å². The van der Waals surface area contributed by atoms with Crippen LogP contribution in [0.1, 0.15) is 17.0 Å². The van der Waals surface area contributed by atoms with Crippen LogP contribution in [0.3, 0.4) is 0 Å². The SMILES string of the molecule is COc1ccc(Cl)cc1-n1c(C)cc(/C=N\NC(=O)COc2cccc3cccnc23)c1C. The van der Waals surface area contributed by atoms with Crippen LogP contribution in [0.25, 0.3) is 16.6 Å². The fourth-order valence-corrected chi connectivity index (χ4v) is 3.84. The summed E-state index contributed by atoms with van der Waals surface area (Å²) in [6.07, 6.45) is 3.29. The first-order valence-corrected chi connectivity index (χ1v) is 10.7. The van der Waals surface area contributed by atoms with Crippen molar-refractivity contribution in [1.29, 1.82) is 0 Å². The molecule has 0 saturated heterocycles. The fraction of sp³-hybridized carbons (Fsp3) is 0.160. The predicted octanol–water partition coefficient (Wildman–Crippen LogP) is 4.83. The Balaban J connectivity index is 1.44. The Bertz CT molecular complexity index is 1340. The molecule has 4 aromatic rings. The number of hydrogen-bond donors (Lipinski definition) is 1. The summed E-state index contributed by atoms with van der Waals surface area (Å²) < 4.78 is 13.2. The molecule has 33 heavy (non-hydrogen) atoms. The minimum atomic E-state index is -0.371. The number of fused-ring (bicyclic) bond motifs is 1. The Kier molecular flexibility index (Phi) is 6.60. The van der Waals surface area contributed by atoms with Crippen molar-refractivity contribution in [3.8, 4) is 17.2 Å². The summed E-state index contributed by atoms with van der Waals surface area (Å²) >= 11 is 6.20. The van der Waals surface area contributed by atoms with E-state index in [9.17, 15) is 4.79 Å². The average Bonchev–Trinajstić information content (AvgIpc) is 3.10. The van der Waals surface area contributed by atoms with E-state index < -0.39 is 0 Å². The van der Waals surface area contributed by atoms with E-state index in [1.165, 1.54) is 0 Å². The highest BCUT2D eigenvalue weighted by Crippen LogP contribution is 2.30. The van der Waals surface area contributed by atoms with Gasteiger partial charge in [-0.05, 0) is 50.2 Å². The number of hydrogen-bond acceptors (Lipinski definition) is 5. The maximum atomic E-state index is 12.2. The van der Waals surface area contributed by atoms with Crippen molar-refractivity contribution in [3.63, 3.8) is 0 Å². The van der Waals surface area contributed by atoms with Gasteiger partial charge in [0.15, 0.2) is 6.61 Å². The minimum Gasteiger partial charge on any atom is -0.495 e. The van der Waals surface area contributed by atoms with Gasteiger partial charge in [0.05, 0.1) is 19.0 Å². The number of rotatable bonds is 7. The summed E-state index contributed by atoms with van der Waals surface area (Å²) in [7, 11) is 1.62. The van der Waals surface area contributed by atoms with Crippen LogP contribution in [-0.2, 0) is 4.79 Å². The number of ether oxygens (including phenoxy) is 2. The van der Waals surface area contributed by atoms with Gasteiger partial charge < -0.3 is 14.0 Å². The number of aryl methyl sites for hydroxylation is 1. The van der Waals surface area contributed by atoms with E-state index in [2.05, 4.69) is 15.5 Å². The lowest BCUT2D eigenvalue weighted by atomic mass is 10.2.